The minimum absolute atomic E-state index is 0.0487. The molecule has 0 N–H and O–H groups in total. The number of benzene rings is 2. The molecule has 8 heteroatoms. The Bertz CT molecular complexity index is 852. The molecule has 1 heterocycles. The maximum Gasteiger partial charge on any atom is 0.283 e. The van der Waals surface area contributed by atoms with Crippen LogP contribution in [0.5, 0.6) is 5.75 Å². The number of nitro groups is 1. The van der Waals surface area contributed by atoms with Crippen LogP contribution in [0.25, 0.3) is 0 Å². The third kappa shape index (κ3) is 3.54. The van der Waals surface area contributed by atoms with Crippen LogP contribution in [-0.4, -0.2) is 19.7 Å². The van der Waals surface area contributed by atoms with Crippen LogP contribution in [0.4, 0.5) is 5.69 Å². The van der Waals surface area contributed by atoms with Gasteiger partial charge in [-0.15, -0.1) is 10.2 Å². The molecular weight excluding hydrogens is 328 g/mol. The van der Waals surface area contributed by atoms with Crippen molar-refractivity contribution in [3.63, 3.8) is 0 Å². The first-order valence-electron chi connectivity index (χ1n) is 7.12. The van der Waals surface area contributed by atoms with Crippen molar-refractivity contribution < 1.29 is 9.66 Å². The van der Waals surface area contributed by atoms with E-state index in [4.69, 9.17) is 4.74 Å². The van der Waals surface area contributed by atoms with Gasteiger partial charge in [0.25, 0.3) is 5.69 Å². The van der Waals surface area contributed by atoms with E-state index in [0.29, 0.717) is 15.9 Å². The normalized spacial score (nSPS) is 10.5. The zero-order valence-electron chi connectivity index (χ0n) is 12.8. The molecule has 0 aliphatic rings. The maximum atomic E-state index is 11.1. The molecule has 1 aromatic heterocycles. The van der Waals surface area contributed by atoms with Crippen LogP contribution in [0.1, 0.15) is 5.82 Å². The second-order valence-corrected chi connectivity index (χ2v) is 5.90. The van der Waals surface area contributed by atoms with E-state index in [-0.39, 0.29) is 12.3 Å². The Labute approximate surface area is 142 Å². The molecule has 0 aliphatic carbocycles. The minimum atomic E-state index is -0.405. The van der Waals surface area contributed by atoms with Gasteiger partial charge >= 0.3 is 0 Å². The zero-order chi connectivity index (χ0) is 16.9. The Balaban J connectivity index is 1.75. The van der Waals surface area contributed by atoms with Gasteiger partial charge in [0.1, 0.15) is 12.4 Å². The Morgan fingerprint density at radius 3 is 2.58 bits per heavy atom. The van der Waals surface area contributed by atoms with Crippen molar-refractivity contribution in [2.75, 3.05) is 0 Å². The first kappa shape index (κ1) is 16.0. The Kier molecular flexibility index (Phi) is 4.76. The van der Waals surface area contributed by atoms with E-state index >= 15 is 0 Å². The zero-order valence-corrected chi connectivity index (χ0v) is 13.6. The van der Waals surface area contributed by atoms with E-state index in [1.54, 1.807) is 29.8 Å². The summed E-state index contributed by atoms with van der Waals surface area (Å²) in [6.07, 6.45) is 0. The standard InChI is InChI=1S/C16H14N4O3S/c1-19-15(11-23-12-7-3-2-4-8-12)17-18-16(19)24-14-10-6-5-9-13(14)20(21)22/h2-10H,11H2,1H3. The highest BCUT2D eigenvalue weighted by molar-refractivity contribution is 7.99. The number of nitrogens with zero attached hydrogens (tertiary/aromatic N) is 4. The highest BCUT2D eigenvalue weighted by Crippen LogP contribution is 2.33. The summed E-state index contributed by atoms with van der Waals surface area (Å²) in [5.74, 6) is 1.38. The largest absolute Gasteiger partial charge is 0.486 e. The molecule has 24 heavy (non-hydrogen) atoms. The summed E-state index contributed by atoms with van der Waals surface area (Å²) in [6.45, 7) is 0.269. The minimum Gasteiger partial charge on any atom is -0.486 e. The number of para-hydroxylation sites is 2. The van der Waals surface area contributed by atoms with E-state index in [9.17, 15) is 10.1 Å². The Hall–Kier alpha value is -2.87. The van der Waals surface area contributed by atoms with Crippen molar-refractivity contribution in [2.45, 2.75) is 16.7 Å². The number of hydrogen-bond acceptors (Lipinski definition) is 6. The van der Waals surface area contributed by atoms with Crippen molar-refractivity contribution in [1.82, 2.24) is 14.8 Å². The van der Waals surface area contributed by atoms with Crippen LogP contribution < -0.4 is 4.74 Å². The molecule has 0 bridgehead atoms. The van der Waals surface area contributed by atoms with Gasteiger partial charge in [0.2, 0.25) is 0 Å². The average Bonchev–Trinajstić information content (AvgIpc) is 2.94. The Morgan fingerprint density at radius 2 is 1.83 bits per heavy atom. The molecule has 0 radical (unpaired) electrons. The monoisotopic (exact) mass is 342 g/mol. The molecule has 0 saturated carbocycles. The number of ether oxygens (including phenoxy) is 1. The van der Waals surface area contributed by atoms with Gasteiger partial charge in [0.15, 0.2) is 11.0 Å². The smallest absolute Gasteiger partial charge is 0.283 e. The van der Waals surface area contributed by atoms with Gasteiger partial charge in [0, 0.05) is 13.1 Å². The summed E-state index contributed by atoms with van der Waals surface area (Å²) >= 11 is 1.20. The molecule has 122 valence electrons. The van der Waals surface area contributed by atoms with Crippen molar-refractivity contribution in [3.05, 3.63) is 70.5 Å². The first-order chi connectivity index (χ1) is 11.6. The second-order valence-electron chi connectivity index (χ2n) is 4.89. The molecule has 0 amide bonds. The van der Waals surface area contributed by atoms with Gasteiger partial charge in [-0.3, -0.25) is 10.1 Å². The SMILES string of the molecule is Cn1c(COc2ccccc2)nnc1Sc1ccccc1[N+](=O)[O-]. The molecule has 0 aliphatic heterocycles. The van der Waals surface area contributed by atoms with Crippen LogP contribution in [0.3, 0.4) is 0 Å². The molecule has 3 aromatic rings. The van der Waals surface area contributed by atoms with E-state index in [0.717, 1.165) is 5.75 Å². The van der Waals surface area contributed by atoms with E-state index in [2.05, 4.69) is 10.2 Å². The highest BCUT2D eigenvalue weighted by atomic mass is 32.2. The Morgan fingerprint density at radius 1 is 1.12 bits per heavy atom. The third-order valence-corrected chi connectivity index (χ3v) is 4.40. The molecule has 0 saturated heterocycles. The van der Waals surface area contributed by atoms with Crippen molar-refractivity contribution >= 4 is 17.4 Å². The lowest BCUT2D eigenvalue weighted by atomic mass is 10.3. The summed E-state index contributed by atoms with van der Waals surface area (Å²) in [4.78, 5) is 11.2. The molecule has 7 nitrogen and oxygen atoms in total. The maximum absolute atomic E-state index is 11.1. The first-order valence-corrected chi connectivity index (χ1v) is 7.94. The number of nitro benzene ring substituents is 1. The molecule has 2 aromatic carbocycles. The summed E-state index contributed by atoms with van der Waals surface area (Å²) in [7, 11) is 1.81. The molecule has 3 rings (SSSR count). The van der Waals surface area contributed by atoms with Gasteiger partial charge < -0.3 is 9.30 Å². The van der Waals surface area contributed by atoms with Crippen LogP contribution in [0.2, 0.25) is 0 Å². The molecule has 0 spiro atoms. The summed E-state index contributed by atoms with van der Waals surface area (Å²) in [6, 6.07) is 16.0. The van der Waals surface area contributed by atoms with Gasteiger partial charge in [-0.1, -0.05) is 30.3 Å². The van der Waals surface area contributed by atoms with Crippen molar-refractivity contribution in [1.29, 1.82) is 0 Å². The number of rotatable bonds is 6. The third-order valence-electron chi connectivity index (χ3n) is 3.30. The lowest BCUT2D eigenvalue weighted by Gasteiger charge is -2.06. The van der Waals surface area contributed by atoms with Gasteiger partial charge in [-0.05, 0) is 30.0 Å². The van der Waals surface area contributed by atoms with Crippen LogP contribution in [0.15, 0.2) is 64.6 Å². The lowest BCUT2D eigenvalue weighted by Crippen LogP contribution is -2.04. The summed E-state index contributed by atoms with van der Waals surface area (Å²) < 4.78 is 7.43. The van der Waals surface area contributed by atoms with Gasteiger partial charge in [-0.2, -0.15) is 0 Å². The van der Waals surface area contributed by atoms with Crippen LogP contribution in [-0.2, 0) is 13.7 Å². The average molecular weight is 342 g/mol. The predicted octanol–water partition coefficient (Wildman–Crippen LogP) is 3.45. The van der Waals surface area contributed by atoms with Crippen molar-refractivity contribution in [2.24, 2.45) is 7.05 Å². The molecular formula is C16H14N4O3S. The highest BCUT2D eigenvalue weighted by Gasteiger charge is 2.17. The van der Waals surface area contributed by atoms with E-state index < -0.39 is 4.92 Å². The predicted molar refractivity (Wildman–Crippen MR) is 89.0 cm³/mol. The second kappa shape index (κ2) is 7.14. The van der Waals surface area contributed by atoms with E-state index in [1.165, 1.54) is 17.8 Å². The fourth-order valence-electron chi connectivity index (χ4n) is 2.02. The summed E-state index contributed by atoms with van der Waals surface area (Å²) in [5, 5.41) is 19.9. The number of hydrogen-bond donors (Lipinski definition) is 0. The fourth-order valence-corrected chi connectivity index (χ4v) is 2.93. The molecule has 0 unspecified atom stereocenters. The quantitative estimate of drug-likeness (QED) is 0.504. The van der Waals surface area contributed by atoms with E-state index in [1.807, 2.05) is 30.3 Å². The van der Waals surface area contributed by atoms with Gasteiger partial charge in [0.05, 0.1) is 9.82 Å². The fraction of sp³-hybridized carbons (Fsp3) is 0.125. The number of aromatic nitrogens is 3. The lowest BCUT2D eigenvalue weighted by molar-refractivity contribution is -0.387. The van der Waals surface area contributed by atoms with Crippen LogP contribution in [0, 0.1) is 10.1 Å². The van der Waals surface area contributed by atoms with Gasteiger partial charge in [-0.25, -0.2) is 0 Å². The molecule has 0 fully saturated rings. The van der Waals surface area contributed by atoms with Crippen LogP contribution >= 0.6 is 11.8 Å². The topological polar surface area (TPSA) is 83.1 Å². The van der Waals surface area contributed by atoms with Crippen molar-refractivity contribution in [3.8, 4) is 5.75 Å². The summed E-state index contributed by atoms with van der Waals surface area (Å²) in [5.41, 5.74) is 0.0487. The molecule has 0 atom stereocenters.